The predicted octanol–water partition coefficient (Wildman–Crippen LogP) is 2.71. The fourth-order valence-electron chi connectivity index (χ4n) is 3.38. The van der Waals surface area contributed by atoms with Crippen LogP contribution < -0.4 is 4.90 Å². The molecule has 5 nitrogen and oxygen atoms in total. The predicted molar refractivity (Wildman–Crippen MR) is 93.9 cm³/mol. The molecule has 1 atom stereocenters. The van der Waals surface area contributed by atoms with Crippen molar-refractivity contribution in [3.63, 3.8) is 0 Å². The largest absolute Gasteiger partial charge is 0.380 e. The fraction of sp³-hybridized carbons (Fsp3) is 0.556. The van der Waals surface area contributed by atoms with Crippen LogP contribution in [0.3, 0.4) is 0 Å². The minimum Gasteiger partial charge on any atom is -0.380 e. The molecular formula is C18H25FN4O. The van der Waals surface area contributed by atoms with E-state index in [4.69, 9.17) is 4.74 Å². The van der Waals surface area contributed by atoms with Crippen LogP contribution in [0.15, 0.2) is 24.5 Å². The lowest BCUT2D eigenvalue weighted by molar-refractivity contribution is 0.0869. The molecule has 1 aliphatic heterocycles. The van der Waals surface area contributed by atoms with Gasteiger partial charge >= 0.3 is 0 Å². The number of hydrogen-bond acceptors (Lipinski definition) is 5. The molecule has 0 amide bonds. The summed E-state index contributed by atoms with van der Waals surface area (Å²) in [5, 5.41) is 0.787. The number of rotatable bonds is 6. The van der Waals surface area contributed by atoms with Gasteiger partial charge in [-0.05, 0) is 25.5 Å². The van der Waals surface area contributed by atoms with E-state index in [0.29, 0.717) is 11.6 Å². The summed E-state index contributed by atoms with van der Waals surface area (Å²) < 4.78 is 19.5. The number of nitrogens with zero attached hydrogens (tertiary/aromatic N) is 4. The molecule has 1 aromatic heterocycles. The van der Waals surface area contributed by atoms with Crippen molar-refractivity contribution in [3.05, 3.63) is 30.3 Å². The number of para-hydroxylation sites is 1. The van der Waals surface area contributed by atoms with E-state index < -0.39 is 0 Å². The number of hydrogen-bond donors (Lipinski definition) is 0. The Morgan fingerprint density at radius 3 is 2.92 bits per heavy atom. The van der Waals surface area contributed by atoms with E-state index in [0.717, 1.165) is 57.0 Å². The maximum absolute atomic E-state index is 14.0. The fourth-order valence-corrected chi connectivity index (χ4v) is 3.38. The van der Waals surface area contributed by atoms with Gasteiger partial charge in [-0.2, -0.15) is 0 Å². The lowest BCUT2D eigenvalue weighted by atomic mass is 10.1. The molecule has 0 spiro atoms. The third kappa shape index (κ3) is 3.49. The SMILES string of the molecule is CCOCCN1CCN(c2ncnc3c(F)cccc23)CC1CC. The van der Waals surface area contributed by atoms with Gasteiger partial charge in [0.1, 0.15) is 23.5 Å². The smallest absolute Gasteiger partial charge is 0.149 e. The van der Waals surface area contributed by atoms with Gasteiger partial charge in [0.05, 0.1) is 6.61 Å². The molecule has 6 heteroatoms. The van der Waals surface area contributed by atoms with E-state index in [1.807, 2.05) is 13.0 Å². The van der Waals surface area contributed by atoms with Crippen LogP contribution >= 0.6 is 0 Å². The van der Waals surface area contributed by atoms with Crippen molar-refractivity contribution in [2.75, 3.05) is 44.3 Å². The zero-order valence-corrected chi connectivity index (χ0v) is 14.4. The molecule has 3 rings (SSSR count). The van der Waals surface area contributed by atoms with Gasteiger partial charge < -0.3 is 9.64 Å². The topological polar surface area (TPSA) is 41.5 Å². The van der Waals surface area contributed by atoms with Crippen molar-refractivity contribution in [2.24, 2.45) is 0 Å². The number of fused-ring (bicyclic) bond motifs is 1. The highest BCUT2D eigenvalue weighted by Gasteiger charge is 2.27. The van der Waals surface area contributed by atoms with Crippen LogP contribution in [0.1, 0.15) is 20.3 Å². The molecule has 2 heterocycles. The Labute approximate surface area is 142 Å². The van der Waals surface area contributed by atoms with Crippen LogP contribution in [0.2, 0.25) is 0 Å². The zero-order valence-electron chi connectivity index (χ0n) is 14.4. The highest BCUT2D eigenvalue weighted by Crippen LogP contribution is 2.27. The van der Waals surface area contributed by atoms with Gasteiger partial charge in [0.25, 0.3) is 0 Å². The second kappa shape index (κ2) is 7.85. The van der Waals surface area contributed by atoms with E-state index in [1.165, 1.54) is 12.4 Å². The van der Waals surface area contributed by atoms with Crippen LogP contribution in [-0.2, 0) is 4.74 Å². The first-order valence-corrected chi connectivity index (χ1v) is 8.70. The van der Waals surface area contributed by atoms with E-state index in [2.05, 4.69) is 26.7 Å². The summed E-state index contributed by atoms with van der Waals surface area (Å²) in [5.41, 5.74) is 0.398. The third-order valence-corrected chi connectivity index (χ3v) is 4.70. The van der Waals surface area contributed by atoms with Gasteiger partial charge in [0.2, 0.25) is 0 Å². The highest BCUT2D eigenvalue weighted by atomic mass is 19.1. The minimum atomic E-state index is -0.293. The number of piperazine rings is 1. The Balaban J connectivity index is 1.78. The van der Waals surface area contributed by atoms with Gasteiger partial charge in [-0.1, -0.05) is 13.0 Å². The van der Waals surface area contributed by atoms with Crippen LogP contribution in [0.25, 0.3) is 10.9 Å². The number of benzene rings is 1. The number of halogens is 1. The minimum absolute atomic E-state index is 0.293. The molecule has 0 saturated carbocycles. The van der Waals surface area contributed by atoms with Crippen LogP contribution in [0.4, 0.5) is 10.2 Å². The van der Waals surface area contributed by atoms with E-state index in [9.17, 15) is 4.39 Å². The average molecular weight is 332 g/mol. The number of aromatic nitrogens is 2. The highest BCUT2D eigenvalue weighted by molar-refractivity contribution is 5.89. The van der Waals surface area contributed by atoms with Gasteiger partial charge in [-0.15, -0.1) is 0 Å². The molecule has 24 heavy (non-hydrogen) atoms. The van der Waals surface area contributed by atoms with Gasteiger partial charge in [0, 0.05) is 44.2 Å². The summed E-state index contributed by atoms with van der Waals surface area (Å²) in [5.74, 6) is 0.543. The first kappa shape index (κ1) is 17.0. The Morgan fingerprint density at radius 1 is 1.25 bits per heavy atom. The van der Waals surface area contributed by atoms with E-state index in [1.54, 1.807) is 6.07 Å². The lowest BCUT2D eigenvalue weighted by Crippen LogP contribution is -2.54. The van der Waals surface area contributed by atoms with Crippen molar-refractivity contribution < 1.29 is 9.13 Å². The monoisotopic (exact) mass is 332 g/mol. The maximum atomic E-state index is 14.0. The van der Waals surface area contributed by atoms with Crippen LogP contribution in [0, 0.1) is 5.82 Å². The van der Waals surface area contributed by atoms with Gasteiger partial charge in [-0.3, -0.25) is 4.90 Å². The quantitative estimate of drug-likeness (QED) is 0.761. The maximum Gasteiger partial charge on any atom is 0.149 e. The van der Waals surface area contributed by atoms with E-state index in [-0.39, 0.29) is 5.82 Å². The molecule has 0 bridgehead atoms. The van der Waals surface area contributed by atoms with Gasteiger partial charge in [-0.25, -0.2) is 14.4 Å². The summed E-state index contributed by atoms with van der Waals surface area (Å²) >= 11 is 0. The Morgan fingerprint density at radius 2 is 2.12 bits per heavy atom. The molecule has 0 aliphatic carbocycles. The summed E-state index contributed by atoms with van der Waals surface area (Å²) in [6.45, 7) is 9.46. The molecule has 1 aromatic carbocycles. The number of ether oxygens (including phenoxy) is 1. The molecule has 1 fully saturated rings. The lowest BCUT2D eigenvalue weighted by Gasteiger charge is -2.41. The molecule has 1 aliphatic rings. The van der Waals surface area contributed by atoms with Crippen LogP contribution in [0.5, 0.6) is 0 Å². The normalized spacial score (nSPS) is 19.1. The Hall–Kier alpha value is -1.79. The molecule has 0 N–H and O–H groups in total. The van der Waals surface area contributed by atoms with Crippen LogP contribution in [-0.4, -0.2) is 60.3 Å². The third-order valence-electron chi connectivity index (χ3n) is 4.70. The van der Waals surface area contributed by atoms with Gasteiger partial charge in [0.15, 0.2) is 0 Å². The summed E-state index contributed by atoms with van der Waals surface area (Å²) in [4.78, 5) is 13.3. The summed E-state index contributed by atoms with van der Waals surface area (Å²) in [6.07, 6.45) is 2.53. The second-order valence-corrected chi connectivity index (χ2v) is 6.07. The Kier molecular flexibility index (Phi) is 5.58. The molecule has 2 aromatic rings. The summed E-state index contributed by atoms with van der Waals surface area (Å²) in [7, 11) is 0. The molecule has 1 unspecified atom stereocenters. The molecule has 130 valence electrons. The molecule has 1 saturated heterocycles. The Bertz CT molecular complexity index is 681. The van der Waals surface area contributed by atoms with Crippen molar-refractivity contribution >= 4 is 16.7 Å². The van der Waals surface area contributed by atoms with Crippen molar-refractivity contribution in [1.82, 2.24) is 14.9 Å². The molecular weight excluding hydrogens is 307 g/mol. The van der Waals surface area contributed by atoms with Crippen molar-refractivity contribution in [2.45, 2.75) is 26.3 Å². The summed E-state index contributed by atoms with van der Waals surface area (Å²) in [6, 6.07) is 5.52. The van der Waals surface area contributed by atoms with Crippen molar-refractivity contribution in [1.29, 1.82) is 0 Å². The number of anilines is 1. The first-order chi connectivity index (χ1) is 11.7. The van der Waals surface area contributed by atoms with Crippen molar-refractivity contribution in [3.8, 4) is 0 Å². The zero-order chi connectivity index (χ0) is 16.9. The van der Waals surface area contributed by atoms with E-state index >= 15 is 0 Å². The first-order valence-electron chi connectivity index (χ1n) is 8.70. The second-order valence-electron chi connectivity index (χ2n) is 6.07. The average Bonchev–Trinajstić information content (AvgIpc) is 2.62. The molecule has 0 radical (unpaired) electrons. The standard InChI is InChI=1S/C18H25FN4O/c1-3-14-12-23(9-8-22(14)10-11-24-4-2)18-15-6-5-7-16(19)17(15)20-13-21-18/h5-7,13-14H,3-4,8-12H2,1-2H3.